The molecule has 0 aromatic heterocycles. The summed E-state index contributed by atoms with van der Waals surface area (Å²) in [5, 5.41) is 8.98. The second kappa shape index (κ2) is 10.1. The zero-order valence-electron chi connectivity index (χ0n) is 16.8. The number of carbonyl (C=O) groups is 2. The predicted molar refractivity (Wildman–Crippen MR) is 111 cm³/mol. The molecule has 1 fully saturated rings. The molecule has 0 unspecified atom stereocenters. The lowest BCUT2D eigenvalue weighted by Crippen LogP contribution is -2.37. The van der Waals surface area contributed by atoms with Gasteiger partial charge in [-0.3, -0.25) is 14.5 Å². The number of carboxylic acids is 1. The lowest BCUT2D eigenvalue weighted by Gasteiger charge is -2.25. The zero-order valence-corrected chi connectivity index (χ0v) is 16.8. The summed E-state index contributed by atoms with van der Waals surface area (Å²) in [5.41, 5.74) is 1.68. The SMILES string of the molecule is CN(CC(=O)O)[C@H]1CCCN(C(=O)c2ccc(COc3ccccc3)cc2)CC1. The molecular weight excluding hydrogens is 368 g/mol. The van der Waals surface area contributed by atoms with Crippen molar-refractivity contribution in [3.8, 4) is 5.75 Å². The summed E-state index contributed by atoms with van der Waals surface area (Å²) in [5.74, 6) is 0.0303. The molecule has 1 aliphatic heterocycles. The summed E-state index contributed by atoms with van der Waals surface area (Å²) < 4.78 is 5.75. The summed E-state index contributed by atoms with van der Waals surface area (Å²) in [4.78, 5) is 27.6. The Balaban J connectivity index is 1.54. The van der Waals surface area contributed by atoms with Crippen LogP contribution in [0.1, 0.15) is 35.2 Å². The van der Waals surface area contributed by atoms with Crippen molar-refractivity contribution in [2.24, 2.45) is 0 Å². The number of likely N-dealkylation sites (N-methyl/N-ethyl adjacent to an activating group) is 1. The first-order chi connectivity index (χ1) is 14.0. The third-order valence-electron chi connectivity index (χ3n) is 5.34. The first kappa shape index (κ1) is 20.9. The summed E-state index contributed by atoms with van der Waals surface area (Å²) in [7, 11) is 1.84. The summed E-state index contributed by atoms with van der Waals surface area (Å²) in [6.07, 6.45) is 2.57. The minimum absolute atomic E-state index is 0.0297. The summed E-state index contributed by atoms with van der Waals surface area (Å²) in [6.45, 7) is 1.84. The topological polar surface area (TPSA) is 70.1 Å². The molecule has 0 spiro atoms. The molecule has 2 aromatic rings. The average molecular weight is 396 g/mol. The van der Waals surface area contributed by atoms with Crippen LogP contribution in [0.4, 0.5) is 0 Å². The number of para-hydroxylation sites is 1. The fourth-order valence-corrected chi connectivity index (χ4v) is 3.67. The van der Waals surface area contributed by atoms with Crippen molar-refractivity contribution in [1.82, 2.24) is 9.80 Å². The largest absolute Gasteiger partial charge is 0.489 e. The number of nitrogens with zero attached hydrogens (tertiary/aromatic N) is 2. The van der Waals surface area contributed by atoms with Gasteiger partial charge in [0.25, 0.3) is 5.91 Å². The second-order valence-corrected chi connectivity index (χ2v) is 7.48. The smallest absolute Gasteiger partial charge is 0.317 e. The Labute approximate surface area is 171 Å². The van der Waals surface area contributed by atoms with Gasteiger partial charge in [-0.1, -0.05) is 30.3 Å². The van der Waals surface area contributed by atoms with E-state index in [1.807, 2.05) is 71.4 Å². The van der Waals surface area contributed by atoms with E-state index in [4.69, 9.17) is 9.84 Å². The first-order valence-electron chi connectivity index (χ1n) is 10.0. The third-order valence-corrected chi connectivity index (χ3v) is 5.34. The van der Waals surface area contributed by atoms with E-state index in [-0.39, 0.29) is 18.5 Å². The van der Waals surface area contributed by atoms with Crippen LogP contribution in [0.25, 0.3) is 0 Å². The van der Waals surface area contributed by atoms with Crippen LogP contribution in [-0.4, -0.2) is 59.5 Å². The quantitative estimate of drug-likeness (QED) is 0.778. The highest BCUT2D eigenvalue weighted by molar-refractivity contribution is 5.94. The Hall–Kier alpha value is -2.86. The van der Waals surface area contributed by atoms with Gasteiger partial charge >= 0.3 is 5.97 Å². The first-order valence-corrected chi connectivity index (χ1v) is 10.0. The number of ether oxygens (including phenoxy) is 1. The van der Waals surface area contributed by atoms with E-state index in [1.54, 1.807) is 0 Å². The number of benzene rings is 2. The molecule has 1 atom stereocenters. The minimum atomic E-state index is -0.819. The highest BCUT2D eigenvalue weighted by atomic mass is 16.5. The van der Waals surface area contributed by atoms with Gasteiger partial charge in [0.15, 0.2) is 0 Å². The van der Waals surface area contributed by atoms with Crippen LogP contribution in [0.3, 0.4) is 0 Å². The van der Waals surface area contributed by atoms with Crippen molar-refractivity contribution in [2.45, 2.75) is 31.9 Å². The van der Waals surface area contributed by atoms with Crippen molar-refractivity contribution in [3.05, 3.63) is 65.7 Å². The molecule has 6 heteroatoms. The van der Waals surface area contributed by atoms with E-state index in [0.717, 1.165) is 30.6 Å². The maximum absolute atomic E-state index is 12.9. The van der Waals surface area contributed by atoms with Gasteiger partial charge < -0.3 is 14.7 Å². The number of aliphatic carboxylic acids is 1. The molecule has 1 heterocycles. The van der Waals surface area contributed by atoms with E-state index in [0.29, 0.717) is 25.3 Å². The number of rotatable bonds is 7. The minimum Gasteiger partial charge on any atom is -0.489 e. The molecule has 0 saturated carbocycles. The maximum Gasteiger partial charge on any atom is 0.317 e. The molecule has 0 bridgehead atoms. The van der Waals surface area contributed by atoms with Crippen molar-refractivity contribution in [2.75, 3.05) is 26.7 Å². The molecule has 154 valence electrons. The zero-order chi connectivity index (χ0) is 20.6. The number of carboxylic acid groups (broad SMARTS) is 1. The van der Waals surface area contributed by atoms with Gasteiger partial charge in [-0.05, 0) is 56.1 Å². The molecule has 1 saturated heterocycles. The van der Waals surface area contributed by atoms with E-state index in [9.17, 15) is 9.59 Å². The van der Waals surface area contributed by atoms with Crippen LogP contribution in [0, 0.1) is 0 Å². The summed E-state index contributed by atoms with van der Waals surface area (Å²) in [6, 6.07) is 17.4. The molecule has 1 aliphatic rings. The lowest BCUT2D eigenvalue weighted by molar-refractivity contribution is -0.138. The molecule has 29 heavy (non-hydrogen) atoms. The number of likely N-dealkylation sites (tertiary alicyclic amines) is 1. The van der Waals surface area contributed by atoms with Gasteiger partial charge in [0.1, 0.15) is 12.4 Å². The second-order valence-electron chi connectivity index (χ2n) is 7.48. The molecule has 1 amide bonds. The fraction of sp³-hybridized carbons (Fsp3) is 0.391. The van der Waals surface area contributed by atoms with Crippen LogP contribution in [-0.2, 0) is 11.4 Å². The van der Waals surface area contributed by atoms with Gasteiger partial charge in [0.2, 0.25) is 0 Å². The number of hydrogen-bond acceptors (Lipinski definition) is 4. The molecule has 1 N–H and O–H groups in total. The van der Waals surface area contributed by atoms with Crippen molar-refractivity contribution >= 4 is 11.9 Å². The molecular formula is C23H28N2O4. The van der Waals surface area contributed by atoms with Crippen molar-refractivity contribution < 1.29 is 19.4 Å². The van der Waals surface area contributed by atoms with Gasteiger partial charge in [-0.2, -0.15) is 0 Å². The number of carbonyl (C=O) groups excluding carboxylic acids is 1. The van der Waals surface area contributed by atoms with Crippen LogP contribution in [0.5, 0.6) is 5.75 Å². The monoisotopic (exact) mass is 396 g/mol. The molecule has 0 radical (unpaired) electrons. The van der Waals surface area contributed by atoms with E-state index >= 15 is 0 Å². The van der Waals surface area contributed by atoms with E-state index in [1.165, 1.54) is 0 Å². The highest BCUT2D eigenvalue weighted by Gasteiger charge is 2.24. The Morgan fingerprint density at radius 1 is 1.07 bits per heavy atom. The van der Waals surface area contributed by atoms with Crippen LogP contribution in [0.2, 0.25) is 0 Å². The van der Waals surface area contributed by atoms with Crippen molar-refractivity contribution in [1.29, 1.82) is 0 Å². The van der Waals surface area contributed by atoms with Crippen LogP contribution in [0.15, 0.2) is 54.6 Å². The highest BCUT2D eigenvalue weighted by Crippen LogP contribution is 2.18. The Kier molecular flexibility index (Phi) is 7.25. The third kappa shape index (κ3) is 6.06. The standard InChI is InChI=1S/C23H28N2O4/c1-24(16-22(26)27)20-6-5-14-25(15-13-20)23(28)19-11-9-18(10-12-19)17-29-21-7-3-2-4-8-21/h2-4,7-12,20H,5-6,13-17H2,1H3,(H,26,27)/t20-/m0/s1. The predicted octanol–water partition coefficient (Wildman–Crippen LogP) is 3.28. The van der Waals surface area contributed by atoms with Crippen molar-refractivity contribution in [3.63, 3.8) is 0 Å². The lowest BCUT2D eigenvalue weighted by atomic mass is 10.1. The summed E-state index contributed by atoms with van der Waals surface area (Å²) >= 11 is 0. The van der Waals surface area contributed by atoms with Gasteiger partial charge in [0, 0.05) is 24.7 Å². The Bertz CT molecular complexity index is 807. The van der Waals surface area contributed by atoms with E-state index < -0.39 is 5.97 Å². The van der Waals surface area contributed by atoms with Gasteiger partial charge in [0.05, 0.1) is 6.54 Å². The Morgan fingerprint density at radius 3 is 2.48 bits per heavy atom. The molecule has 0 aliphatic carbocycles. The number of amides is 1. The average Bonchev–Trinajstić information content (AvgIpc) is 2.99. The fourth-order valence-electron chi connectivity index (χ4n) is 3.67. The van der Waals surface area contributed by atoms with Crippen LogP contribution >= 0.6 is 0 Å². The number of hydrogen-bond donors (Lipinski definition) is 1. The van der Waals surface area contributed by atoms with Gasteiger partial charge in [-0.15, -0.1) is 0 Å². The van der Waals surface area contributed by atoms with Crippen LogP contribution < -0.4 is 4.74 Å². The maximum atomic E-state index is 12.9. The van der Waals surface area contributed by atoms with E-state index in [2.05, 4.69) is 0 Å². The molecule has 3 rings (SSSR count). The molecule has 2 aromatic carbocycles. The normalized spacial score (nSPS) is 17.0. The molecule has 6 nitrogen and oxygen atoms in total. The van der Waals surface area contributed by atoms with Gasteiger partial charge in [-0.25, -0.2) is 0 Å². The Morgan fingerprint density at radius 2 is 1.79 bits per heavy atom.